The monoisotopic (exact) mass is 621 g/mol. The van der Waals surface area contributed by atoms with Gasteiger partial charge >= 0.3 is 0 Å². The van der Waals surface area contributed by atoms with Crippen LogP contribution in [0.4, 0.5) is 5.69 Å². The number of aromatic amines is 1. The van der Waals surface area contributed by atoms with Crippen molar-refractivity contribution in [2.75, 3.05) is 31.6 Å². The fraction of sp³-hybridized carbons (Fsp3) is 0.226. The molecule has 3 aromatic carbocycles. The lowest BCUT2D eigenvalue weighted by Gasteiger charge is -2.18. The van der Waals surface area contributed by atoms with Gasteiger partial charge in [-0.05, 0) is 73.3 Å². The number of nitrogens with one attached hydrogen (secondary N) is 2. The number of anilines is 1. The van der Waals surface area contributed by atoms with Gasteiger partial charge in [-0.1, -0.05) is 60.9 Å². The van der Waals surface area contributed by atoms with Crippen LogP contribution in [0.15, 0.2) is 76.7 Å². The minimum atomic E-state index is -0.507. The summed E-state index contributed by atoms with van der Waals surface area (Å²) in [5, 5.41) is 13.5. The zero-order chi connectivity index (χ0) is 30.1. The maximum atomic E-state index is 12.7. The normalized spacial score (nSPS) is 10.9. The van der Waals surface area contributed by atoms with Crippen molar-refractivity contribution < 1.29 is 9.53 Å². The third-order valence-electron chi connectivity index (χ3n) is 6.45. The van der Waals surface area contributed by atoms with Crippen molar-refractivity contribution in [3.8, 4) is 23.1 Å². The van der Waals surface area contributed by atoms with E-state index in [4.69, 9.17) is 27.9 Å². The first-order valence-electron chi connectivity index (χ1n) is 13.3. The summed E-state index contributed by atoms with van der Waals surface area (Å²) in [7, 11) is 0. The molecule has 8 nitrogen and oxygen atoms in total. The summed E-state index contributed by atoms with van der Waals surface area (Å²) in [6.45, 7) is 7.55. The predicted octanol–water partition coefficient (Wildman–Crippen LogP) is 6.88. The van der Waals surface area contributed by atoms with Gasteiger partial charge in [-0.25, -0.2) is 4.98 Å². The third kappa shape index (κ3) is 8.14. The molecule has 0 spiro atoms. The number of hydrogen-bond donors (Lipinski definition) is 2. The van der Waals surface area contributed by atoms with Crippen LogP contribution < -0.4 is 15.6 Å². The highest BCUT2D eigenvalue weighted by Crippen LogP contribution is 2.27. The van der Waals surface area contributed by atoms with E-state index in [0.29, 0.717) is 55.8 Å². The number of halogens is 2. The van der Waals surface area contributed by atoms with Crippen molar-refractivity contribution in [3.63, 3.8) is 0 Å². The Labute approximate surface area is 258 Å². The number of nitrogens with zero attached hydrogens (tertiary/aromatic N) is 3. The van der Waals surface area contributed by atoms with Crippen LogP contribution in [-0.2, 0) is 5.75 Å². The lowest BCUT2D eigenvalue weighted by Crippen LogP contribution is -2.27. The number of nitriles is 1. The molecule has 216 valence electrons. The largest absolute Gasteiger partial charge is 0.492 e. The van der Waals surface area contributed by atoms with E-state index in [-0.39, 0.29) is 11.5 Å². The molecule has 4 rings (SSSR count). The Morgan fingerprint density at radius 2 is 1.83 bits per heavy atom. The van der Waals surface area contributed by atoms with Crippen molar-refractivity contribution in [1.82, 2.24) is 14.9 Å². The highest BCUT2D eigenvalue weighted by atomic mass is 35.5. The van der Waals surface area contributed by atoms with Crippen molar-refractivity contribution in [1.29, 1.82) is 5.26 Å². The maximum absolute atomic E-state index is 12.7. The summed E-state index contributed by atoms with van der Waals surface area (Å²) >= 11 is 13.3. The molecule has 0 fully saturated rings. The van der Waals surface area contributed by atoms with Gasteiger partial charge in [0.1, 0.15) is 24.0 Å². The van der Waals surface area contributed by atoms with Crippen molar-refractivity contribution in [3.05, 3.63) is 104 Å². The summed E-state index contributed by atoms with van der Waals surface area (Å²) in [6, 6.07) is 21.2. The highest BCUT2D eigenvalue weighted by Gasteiger charge is 2.15. The van der Waals surface area contributed by atoms with Crippen molar-refractivity contribution in [2.24, 2.45) is 0 Å². The van der Waals surface area contributed by atoms with Crippen LogP contribution in [0.25, 0.3) is 11.3 Å². The number of ether oxygens (including phenoxy) is 1. The zero-order valence-corrected chi connectivity index (χ0v) is 25.4. The number of carbonyl (C=O) groups excluding carboxylic acids is 1. The topological polar surface area (TPSA) is 111 Å². The molecule has 0 bridgehead atoms. The van der Waals surface area contributed by atoms with E-state index in [1.54, 1.807) is 30.3 Å². The first kappa shape index (κ1) is 31.1. The van der Waals surface area contributed by atoms with E-state index in [9.17, 15) is 14.9 Å². The molecular weight excluding hydrogens is 593 g/mol. The Balaban J connectivity index is 1.44. The molecule has 0 atom stereocenters. The Bertz CT molecular complexity index is 1650. The van der Waals surface area contributed by atoms with Gasteiger partial charge in [0.2, 0.25) is 0 Å². The van der Waals surface area contributed by atoms with E-state index in [0.717, 1.165) is 25.2 Å². The summed E-state index contributed by atoms with van der Waals surface area (Å²) in [5.41, 5.74) is 2.27. The molecule has 4 aromatic rings. The molecule has 0 aliphatic heterocycles. The number of amides is 1. The molecule has 1 aromatic heterocycles. The molecule has 0 aliphatic carbocycles. The van der Waals surface area contributed by atoms with E-state index >= 15 is 0 Å². The molecular formula is C31H29Cl2N5O3S. The number of H-pyrrole nitrogens is 1. The van der Waals surface area contributed by atoms with Crippen LogP contribution in [0.1, 0.15) is 35.3 Å². The summed E-state index contributed by atoms with van der Waals surface area (Å²) in [6.07, 6.45) is 0. The Morgan fingerprint density at radius 1 is 1.07 bits per heavy atom. The fourth-order valence-electron chi connectivity index (χ4n) is 4.11. The third-order valence-corrected chi connectivity index (χ3v) is 8.13. The van der Waals surface area contributed by atoms with Crippen molar-refractivity contribution >= 4 is 46.6 Å². The van der Waals surface area contributed by atoms with E-state index in [1.165, 1.54) is 17.8 Å². The molecule has 0 saturated carbocycles. The summed E-state index contributed by atoms with van der Waals surface area (Å²) < 4.78 is 5.85. The first-order valence-corrected chi connectivity index (χ1v) is 15.0. The van der Waals surface area contributed by atoms with Gasteiger partial charge in [-0.2, -0.15) is 5.26 Å². The smallest absolute Gasteiger partial charge is 0.270 e. The summed E-state index contributed by atoms with van der Waals surface area (Å²) in [4.78, 5) is 35.0. The SMILES string of the molecule is CCN(CC)CCOc1ccc(-c2nc(SCc3cccc(NC(=O)c4ccc(Cl)c(Cl)c4)c3)[nH]c(=O)c2C#N)cc1. The predicted molar refractivity (Wildman–Crippen MR) is 169 cm³/mol. The molecule has 0 unspecified atom stereocenters. The Hall–Kier alpha value is -3.81. The molecule has 42 heavy (non-hydrogen) atoms. The second-order valence-corrected chi connectivity index (χ2v) is 11.0. The van der Waals surface area contributed by atoms with Gasteiger partial charge in [0.15, 0.2) is 5.16 Å². The van der Waals surface area contributed by atoms with E-state index in [1.807, 2.05) is 36.4 Å². The lowest BCUT2D eigenvalue weighted by molar-refractivity contribution is 0.102. The average Bonchev–Trinajstić information content (AvgIpc) is 3.00. The van der Waals surface area contributed by atoms with Gasteiger partial charge in [-0.15, -0.1) is 0 Å². The fourth-order valence-corrected chi connectivity index (χ4v) is 5.21. The number of benzene rings is 3. The average molecular weight is 623 g/mol. The first-order chi connectivity index (χ1) is 20.3. The minimum Gasteiger partial charge on any atom is -0.492 e. The van der Waals surface area contributed by atoms with Crippen molar-refractivity contribution in [2.45, 2.75) is 24.8 Å². The summed E-state index contributed by atoms with van der Waals surface area (Å²) in [5.74, 6) is 0.848. The molecule has 0 saturated heterocycles. The number of thioether (sulfide) groups is 1. The van der Waals surface area contributed by atoms with Crippen LogP contribution in [0.2, 0.25) is 10.0 Å². The van der Waals surface area contributed by atoms with Crippen LogP contribution in [-0.4, -0.2) is 47.0 Å². The number of likely N-dealkylation sites (N-methyl/N-ethyl adjacent to an activating group) is 1. The molecule has 1 amide bonds. The number of hydrogen-bond acceptors (Lipinski definition) is 7. The standard InChI is InChI=1S/C31H29Cl2N5O3S/c1-3-38(4-2)14-15-41-24-11-8-21(9-12-24)28-25(18-34)30(40)37-31(36-28)42-19-20-6-5-7-23(16-20)35-29(39)22-10-13-26(32)27(33)17-22/h5-13,16-17H,3-4,14-15,19H2,1-2H3,(H,35,39)(H,36,37,40). The quantitative estimate of drug-likeness (QED) is 0.131. The number of rotatable bonds is 12. The second-order valence-electron chi connectivity index (χ2n) is 9.18. The zero-order valence-electron chi connectivity index (χ0n) is 23.1. The Morgan fingerprint density at radius 3 is 2.52 bits per heavy atom. The van der Waals surface area contributed by atoms with Crippen LogP contribution in [0.3, 0.4) is 0 Å². The number of carbonyl (C=O) groups is 1. The Kier molecular flexibility index (Phi) is 11.0. The maximum Gasteiger partial charge on any atom is 0.270 e. The number of aromatic nitrogens is 2. The van der Waals surface area contributed by atoms with Gasteiger partial charge in [0, 0.05) is 29.1 Å². The minimum absolute atomic E-state index is 0.0541. The van der Waals surface area contributed by atoms with Gasteiger partial charge in [0.05, 0.1) is 15.7 Å². The molecule has 1 heterocycles. The lowest BCUT2D eigenvalue weighted by atomic mass is 10.1. The van der Waals surface area contributed by atoms with Gasteiger partial charge in [0.25, 0.3) is 11.5 Å². The van der Waals surface area contributed by atoms with Gasteiger partial charge < -0.3 is 19.9 Å². The van der Waals surface area contributed by atoms with Crippen LogP contribution in [0.5, 0.6) is 5.75 Å². The highest BCUT2D eigenvalue weighted by molar-refractivity contribution is 7.98. The molecule has 0 aliphatic rings. The van der Waals surface area contributed by atoms with E-state index < -0.39 is 5.56 Å². The van der Waals surface area contributed by atoms with E-state index in [2.05, 4.69) is 34.0 Å². The van der Waals surface area contributed by atoms with Crippen LogP contribution in [0, 0.1) is 11.3 Å². The molecule has 0 radical (unpaired) electrons. The molecule has 2 N–H and O–H groups in total. The molecule has 11 heteroatoms. The second kappa shape index (κ2) is 14.9. The van der Waals surface area contributed by atoms with Gasteiger partial charge in [-0.3, -0.25) is 9.59 Å². The van der Waals surface area contributed by atoms with Crippen LogP contribution >= 0.6 is 35.0 Å².